The molecule has 0 spiro atoms. The molecule has 1 atom stereocenters. The zero-order valence-electron chi connectivity index (χ0n) is 19.7. The summed E-state index contributed by atoms with van der Waals surface area (Å²) < 4.78 is 27.1. The SMILES string of the molecule is CC(C)C(C)NC(=O)C1CCN(CC(=O)N2CCN(S(=O)(=O)c3ccc(Cl)cc3)CC2)CC1. The summed E-state index contributed by atoms with van der Waals surface area (Å²) in [6.45, 7) is 9.22. The molecule has 0 saturated carbocycles. The largest absolute Gasteiger partial charge is 0.353 e. The van der Waals surface area contributed by atoms with Gasteiger partial charge in [-0.3, -0.25) is 14.5 Å². The standard InChI is InChI=1S/C23H35ClN4O4S/c1-17(2)18(3)25-23(30)19-8-10-26(11-9-19)16-22(29)27-12-14-28(15-13-27)33(31,32)21-6-4-20(24)5-7-21/h4-7,17-19H,8-16H2,1-3H3,(H,25,30). The van der Waals surface area contributed by atoms with Crippen molar-refractivity contribution < 1.29 is 18.0 Å². The van der Waals surface area contributed by atoms with Crippen LogP contribution in [0.2, 0.25) is 5.02 Å². The van der Waals surface area contributed by atoms with E-state index in [-0.39, 0.29) is 41.8 Å². The molecule has 1 N–H and O–H groups in total. The highest BCUT2D eigenvalue weighted by Gasteiger charge is 2.32. The third-order valence-corrected chi connectivity index (χ3v) is 8.89. The van der Waals surface area contributed by atoms with E-state index in [1.165, 1.54) is 16.4 Å². The van der Waals surface area contributed by atoms with Crippen LogP contribution >= 0.6 is 11.6 Å². The lowest BCUT2D eigenvalue weighted by Crippen LogP contribution is -2.53. The summed E-state index contributed by atoms with van der Waals surface area (Å²) in [5, 5.41) is 3.58. The van der Waals surface area contributed by atoms with Gasteiger partial charge in [-0.25, -0.2) is 8.42 Å². The van der Waals surface area contributed by atoms with Crippen LogP contribution in [-0.4, -0.2) is 86.2 Å². The number of likely N-dealkylation sites (tertiary alicyclic amines) is 1. The van der Waals surface area contributed by atoms with Crippen LogP contribution in [0.15, 0.2) is 29.2 Å². The van der Waals surface area contributed by atoms with Crippen molar-refractivity contribution in [2.24, 2.45) is 11.8 Å². The zero-order chi connectivity index (χ0) is 24.2. The number of hydrogen-bond donors (Lipinski definition) is 1. The Morgan fingerprint density at radius 1 is 1.00 bits per heavy atom. The maximum Gasteiger partial charge on any atom is 0.243 e. The number of sulfonamides is 1. The molecule has 8 nitrogen and oxygen atoms in total. The van der Waals surface area contributed by atoms with Crippen LogP contribution in [0.5, 0.6) is 0 Å². The Morgan fingerprint density at radius 2 is 1.58 bits per heavy atom. The van der Waals surface area contributed by atoms with Gasteiger partial charge in [0.25, 0.3) is 0 Å². The monoisotopic (exact) mass is 498 g/mol. The van der Waals surface area contributed by atoms with Gasteiger partial charge >= 0.3 is 0 Å². The highest BCUT2D eigenvalue weighted by Crippen LogP contribution is 2.21. The molecule has 2 fully saturated rings. The summed E-state index contributed by atoms with van der Waals surface area (Å²) in [6, 6.07) is 6.28. The number of piperazine rings is 1. The van der Waals surface area contributed by atoms with E-state index in [0.717, 1.165) is 12.8 Å². The molecule has 3 rings (SSSR count). The second-order valence-corrected chi connectivity index (χ2v) is 11.7. The molecule has 1 aromatic carbocycles. The second-order valence-electron chi connectivity index (χ2n) is 9.33. The fourth-order valence-electron chi connectivity index (χ4n) is 4.09. The van der Waals surface area contributed by atoms with Crippen LogP contribution in [-0.2, 0) is 19.6 Å². The van der Waals surface area contributed by atoms with Gasteiger partial charge in [0.1, 0.15) is 0 Å². The van der Waals surface area contributed by atoms with E-state index < -0.39 is 10.0 Å². The van der Waals surface area contributed by atoms with Crippen LogP contribution in [0.25, 0.3) is 0 Å². The van der Waals surface area contributed by atoms with Crippen molar-refractivity contribution >= 4 is 33.4 Å². The lowest BCUT2D eigenvalue weighted by molar-refractivity contribution is -0.134. The summed E-state index contributed by atoms with van der Waals surface area (Å²) in [5.41, 5.74) is 0. The molecule has 2 heterocycles. The smallest absolute Gasteiger partial charge is 0.243 e. The summed E-state index contributed by atoms with van der Waals surface area (Å²) in [4.78, 5) is 29.3. The molecule has 1 aromatic rings. The van der Waals surface area contributed by atoms with Gasteiger partial charge in [-0.05, 0) is 63.0 Å². The minimum absolute atomic E-state index is 0.000767. The van der Waals surface area contributed by atoms with Crippen molar-refractivity contribution in [3.05, 3.63) is 29.3 Å². The fourth-order valence-corrected chi connectivity index (χ4v) is 5.64. The molecule has 2 aliphatic rings. The van der Waals surface area contributed by atoms with Crippen molar-refractivity contribution in [2.75, 3.05) is 45.8 Å². The Hall–Kier alpha value is -1.68. The number of carbonyl (C=O) groups excluding carboxylic acids is 2. The third-order valence-electron chi connectivity index (χ3n) is 6.73. The van der Waals surface area contributed by atoms with Gasteiger partial charge in [-0.1, -0.05) is 25.4 Å². The van der Waals surface area contributed by atoms with E-state index in [1.807, 2.05) is 6.92 Å². The lowest BCUT2D eigenvalue weighted by Gasteiger charge is -2.36. The van der Waals surface area contributed by atoms with E-state index in [0.29, 0.717) is 43.7 Å². The van der Waals surface area contributed by atoms with Gasteiger partial charge in [0.2, 0.25) is 21.8 Å². The number of benzene rings is 1. The number of amides is 2. The van der Waals surface area contributed by atoms with Crippen molar-refractivity contribution in [3.8, 4) is 0 Å². The Morgan fingerprint density at radius 3 is 2.12 bits per heavy atom. The highest BCUT2D eigenvalue weighted by molar-refractivity contribution is 7.89. The van der Waals surface area contributed by atoms with Crippen molar-refractivity contribution in [2.45, 2.75) is 44.6 Å². The predicted octanol–water partition coefficient (Wildman–Crippen LogP) is 2.05. The van der Waals surface area contributed by atoms with Crippen LogP contribution in [0, 0.1) is 11.8 Å². The molecule has 0 aromatic heterocycles. The van der Waals surface area contributed by atoms with Gasteiger partial charge < -0.3 is 10.2 Å². The van der Waals surface area contributed by atoms with Gasteiger partial charge in [-0.2, -0.15) is 4.31 Å². The number of nitrogens with zero attached hydrogens (tertiary/aromatic N) is 3. The predicted molar refractivity (Wildman–Crippen MR) is 128 cm³/mol. The van der Waals surface area contributed by atoms with Crippen molar-refractivity contribution in [1.82, 2.24) is 19.4 Å². The minimum Gasteiger partial charge on any atom is -0.353 e. The quantitative estimate of drug-likeness (QED) is 0.621. The van der Waals surface area contributed by atoms with Crippen LogP contribution in [0.3, 0.4) is 0 Å². The first kappa shape index (κ1) is 25.9. The topological polar surface area (TPSA) is 90.0 Å². The Labute approximate surface area is 202 Å². The molecule has 10 heteroatoms. The molecular formula is C23H35ClN4O4S. The number of piperidine rings is 1. The number of hydrogen-bond acceptors (Lipinski definition) is 5. The number of rotatable bonds is 7. The Bertz CT molecular complexity index is 922. The average molecular weight is 499 g/mol. The van der Waals surface area contributed by atoms with Crippen LogP contribution in [0.1, 0.15) is 33.6 Å². The van der Waals surface area contributed by atoms with Gasteiger partial charge in [-0.15, -0.1) is 0 Å². The lowest BCUT2D eigenvalue weighted by atomic mass is 9.95. The van der Waals surface area contributed by atoms with E-state index in [9.17, 15) is 18.0 Å². The Kier molecular flexibility index (Phi) is 8.77. The number of carbonyl (C=O) groups is 2. The zero-order valence-corrected chi connectivity index (χ0v) is 21.2. The van der Waals surface area contributed by atoms with Gasteiger partial charge in [0.15, 0.2) is 0 Å². The van der Waals surface area contributed by atoms with E-state index in [4.69, 9.17) is 11.6 Å². The first-order valence-corrected chi connectivity index (χ1v) is 13.5. The maximum absolute atomic E-state index is 12.8. The fraction of sp³-hybridized carbons (Fsp3) is 0.652. The highest BCUT2D eigenvalue weighted by atomic mass is 35.5. The van der Waals surface area contributed by atoms with E-state index in [1.54, 1.807) is 17.0 Å². The molecule has 0 radical (unpaired) electrons. The van der Waals surface area contributed by atoms with Gasteiger partial charge in [0.05, 0.1) is 11.4 Å². The Balaban J connectivity index is 1.44. The first-order chi connectivity index (χ1) is 15.6. The molecule has 0 bridgehead atoms. The molecule has 2 saturated heterocycles. The van der Waals surface area contributed by atoms with Crippen LogP contribution in [0.4, 0.5) is 0 Å². The minimum atomic E-state index is -3.60. The molecule has 33 heavy (non-hydrogen) atoms. The second kappa shape index (κ2) is 11.2. The van der Waals surface area contributed by atoms with Crippen LogP contribution < -0.4 is 5.32 Å². The number of nitrogens with one attached hydrogen (secondary N) is 1. The van der Waals surface area contributed by atoms with Crippen molar-refractivity contribution in [3.63, 3.8) is 0 Å². The first-order valence-electron chi connectivity index (χ1n) is 11.6. The summed E-state index contributed by atoms with van der Waals surface area (Å²) >= 11 is 5.86. The summed E-state index contributed by atoms with van der Waals surface area (Å²) in [5.74, 6) is 0.516. The summed E-state index contributed by atoms with van der Waals surface area (Å²) in [6.07, 6.45) is 1.49. The summed E-state index contributed by atoms with van der Waals surface area (Å²) in [7, 11) is -3.60. The molecule has 184 valence electrons. The molecule has 2 aliphatic heterocycles. The molecular weight excluding hydrogens is 464 g/mol. The molecule has 1 unspecified atom stereocenters. The van der Waals surface area contributed by atoms with Gasteiger partial charge in [0, 0.05) is 43.2 Å². The maximum atomic E-state index is 12.8. The molecule has 2 amide bonds. The molecule has 0 aliphatic carbocycles. The number of halogens is 1. The van der Waals surface area contributed by atoms with E-state index in [2.05, 4.69) is 24.1 Å². The average Bonchev–Trinajstić information content (AvgIpc) is 2.79. The third kappa shape index (κ3) is 6.68. The van der Waals surface area contributed by atoms with Crippen molar-refractivity contribution in [1.29, 1.82) is 0 Å². The normalized spacial score (nSPS) is 20.1. The van der Waals surface area contributed by atoms with E-state index >= 15 is 0 Å².